The average Bonchev–Trinajstić information content (AvgIpc) is 2.37. The second-order valence-electron chi connectivity index (χ2n) is 4.02. The number of hydrogen-bond acceptors (Lipinski definition) is 1. The van der Waals surface area contributed by atoms with Crippen LogP contribution in [0.2, 0.25) is 0 Å². The molecule has 2 aromatic rings. The highest BCUT2D eigenvalue weighted by Crippen LogP contribution is 2.28. The predicted octanol–water partition coefficient (Wildman–Crippen LogP) is 4.74. The van der Waals surface area contributed by atoms with Gasteiger partial charge in [0.15, 0.2) is 0 Å². The number of para-hydroxylation sites is 1. The topological polar surface area (TPSA) is 9.23 Å². The first kappa shape index (κ1) is 11.5. The maximum Gasteiger partial charge on any atom is 0.130 e. The molecule has 0 heterocycles. The van der Waals surface area contributed by atoms with Crippen molar-refractivity contribution in [3.8, 4) is 11.5 Å². The number of ether oxygens (including phenoxy) is 1. The summed E-state index contributed by atoms with van der Waals surface area (Å²) in [7, 11) is 0. The largest absolute Gasteiger partial charge is 0.457 e. The third-order valence-corrected chi connectivity index (χ3v) is 2.97. The molecule has 0 saturated carbocycles. The minimum Gasteiger partial charge on any atom is -0.457 e. The van der Waals surface area contributed by atoms with E-state index in [1.54, 1.807) is 0 Å². The van der Waals surface area contributed by atoms with Gasteiger partial charge in [-0.25, -0.2) is 0 Å². The van der Waals surface area contributed by atoms with Crippen LogP contribution in [-0.4, -0.2) is 0 Å². The molecular weight excluding hydrogens is 208 g/mol. The zero-order valence-corrected chi connectivity index (χ0v) is 10.2. The minimum absolute atomic E-state index is 0.862. The van der Waals surface area contributed by atoms with Crippen LogP contribution in [0.3, 0.4) is 0 Å². The molecule has 1 heteroatoms. The zero-order chi connectivity index (χ0) is 12.3. The molecule has 2 aromatic carbocycles. The van der Waals surface area contributed by atoms with Gasteiger partial charge < -0.3 is 4.74 Å². The summed E-state index contributed by atoms with van der Waals surface area (Å²) in [6.07, 6.45) is 1.87. The number of benzene rings is 2. The highest BCUT2D eigenvalue weighted by Gasteiger charge is 2.06. The van der Waals surface area contributed by atoms with Crippen LogP contribution in [-0.2, 0) is 0 Å². The van der Waals surface area contributed by atoms with Gasteiger partial charge in [-0.05, 0) is 48.7 Å². The molecule has 0 aliphatic heterocycles. The summed E-state index contributed by atoms with van der Waals surface area (Å²) >= 11 is 0. The van der Waals surface area contributed by atoms with E-state index in [-0.39, 0.29) is 0 Å². The third kappa shape index (κ3) is 2.39. The Balaban J connectivity index is 2.35. The highest BCUT2D eigenvalue weighted by atomic mass is 16.5. The van der Waals surface area contributed by atoms with E-state index in [1.807, 2.05) is 48.5 Å². The van der Waals surface area contributed by atoms with Crippen molar-refractivity contribution in [1.82, 2.24) is 0 Å². The van der Waals surface area contributed by atoms with Crippen molar-refractivity contribution < 1.29 is 4.74 Å². The Bertz CT molecular complexity index is 527. The second kappa shape index (κ2) is 4.88. The molecule has 0 aliphatic carbocycles. The van der Waals surface area contributed by atoms with Gasteiger partial charge in [0.2, 0.25) is 0 Å². The van der Waals surface area contributed by atoms with Crippen molar-refractivity contribution in [2.45, 2.75) is 13.8 Å². The summed E-state index contributed by atoms with van der Waals surface area (Å²) in [5.74, 6) is 1.76. The Morgan fingerprint density at radius 3 is 2.29 bits per heavy atom. The molecule has 0 N–H and O–H groups in total. The van der Waals surface area contributed by atoms with Gasteiger partial charge in [-0.2, -0.15) is 0 Å². The molecule has 1 nitrogen and oxygen atoms in total. The highest BCUT2D eigenvalue weighted by molar-refractivity contribution is 5.57. The van der Waals surface area contributed by atoms with Crippen LogP contribution >= 0.6 is 0 Å². The molecule has 0 amide bonds. The molecule has 17 heavy (non-hydrogen) atoms. The van der Waals surface area contributed by atoms with Crippen LogP contribution in [0.1, 0.15) is 16.7 Å². The Kier molecular flexibility index (Phi) is 3.29. The molecule has 0 radical (unpaired) electrons. The van der Waals surface area contributed by atoms with Crippen molar-refractivity contribution in [3.63, 3.8) is 0 Å². The van der Waals surface area contributed by atoms with Crippen LogP contribution in [0.25, 0.3) is 6.08 Å². The van der Waals surface area contributed by atoms with Gasteiger partial charge in [0.05, 0.1) is 0 Å². The van der Waals surface area contributed by atoms with Crippen molar-refractivity contribution in [3.05, 3.63) is 65.7 Å². The normalized spacial score (nSPS) is 10.0. The van der Waals surface area contributed by atoms with Gasteiger partial charge in [-0.3, -0.25) is 0 Å². The van der Waals surface area contributed by atoms with Gasteiger partial charge in [0, 0.05) is 0 Å². The van der Waals surface area contributed by atoms with E-state index < -0.39 is 0 Å². The van der Waals surface area contributed by atoms with Crippen LogP contribution in [0.5, 0.6) is 11.5 Å². The maximum absolute atomic E-state index is 5.86. The van der Waals surface area contributed by atoms with Crippen LogP contribution in [0, 0.1) is 13.8 Å². The van der Waals surface area contributed by atoms with Crippen molar-refractivity contribution in [2.24, 2.45) is 0 Å². The summed E-state index contributed by atoms with van der Waals surface area (Å²) in [4.78, 5) is 0. The quantitative estimate of drug-likeness (QED) is 0.731. The van der Waals surface area contributed by atoms with Crippen molar-refractivity contribution in [2.75, 3.05) is 0 Å². The standard InChI is InChI=1S/C16H16O/c1-4-14-10-11-16(13(3)12(14)2)17-15-8-6-5-7-9-15/h4-11H,1H2,2-3H3. The monoisotopic (exact) mass is 224 g/mol. The lowest BCUT2D eigenvalue weighted by atomic mass is 10.0. The molecule has 86 valence electrons. The third-order valence-electron chi connectivity index (χ3n) is 2.97. The molecule has 2 rings (SSSR count). The molecule has 0 aliphatic rings. The molecule has 0 spiro atoms. The van der Waals surface area contributed by atoms with Gasteiger partial charge in [0.25, 0.3) is 0 Å². The van der Waals surface area contributed by atoms with Crippen LogP contribution in [0.4, 0.5) is 0 Å². The molecule has 0 bridgehead atoms. The van der Waals surface area contributed by atoms with E-state index in [0.717, 1.165) is 22.6 Å². The van der Waals surface area contributed by atoms with Crippen LogP contribution in [0.15, 0.2) is 49.0 Å². The van der Waals surface area contributed by atoms with Crippen LogP contribution < -0.4 is 4.74 Å². The molecule has 0 saturated heterocycles. The zero-order valence-electron chi connectivity index (χ0n) is 10.2. The number of hydrogen-bond donors (Lipinski definition) is 0. The first-order chi connectivity index (χ1) is 8.22. The van der Waals surface area contributed by atoms with Gasteiger partial charge >= 0.3 is 0 Å². The minimum atomic E-state index is 0.862. The van der Waals surface area contributed by atoms with E-state index in [2.05, 4.69) is 20.4 Å². The SMILES string of the molecule is C=Cc1ccc(Oc2ccccc2)c(C)c1C. The summed E-state index contributed by atoms with van der Waals surface area (Å²) in [6, 6.07) is 13.9. The molecular formula is C16H16O. The fourth-order valence-electron chi connectivity index (χ4n) is 1.76. The lowest BCUT2D eigenvalue weighted by molar-refractivity contribution is 0.478. The molecule has 0 aromatic heterocycles. The van der Waals surface area contributed by atoms with Gasteiger partial charge in [-0.1, -0.05) is 36.9 Å². The van der Waals surface area contributed by atoms with Gasteiger partial charge in [-0.15, -0.1) is 0 Å². The van der Waals surface area contributed by atoms with E-state index in [9.17, 15) is 0 Å². The van der Waals surface area contributed by atoms with Gasteiger partial charge in [0.1, 0.15) is 11.5 Å². The Morgan fingerprint density at radius 1 is 0.941 bits per heavy atom. The number of rotatable bonds is 3. The van der Waals surface area contributed by atoms with E-state index >= 15 is 0 Å². The molecule has 0 atom stereocenters. The van der Waals surface area contributed by atoms with Crippen molar-refractivity contribution in [1.29, 1.82) is 0 Å². The first-order valence-corrected chi connectivity index (χ1v) is 5.68. The Hall–Kier alpha value is -2.02. The summed E-state index contributed by atoms with van der Waals surface area (Å²) in [6.45, 7) is 7.96. The fraction of sp³-hybridized carbons (Fsp3) is 0.125. The lowest BCUT2D eigenvalue weighted by Crippen LogP contribution is -1.92. The summed E-state index contributed by atoms with van der Waals surface area (Å²) < 4.78 is 5.86. The first-order valence-electron chi connectivity index (χ1n) is 5.68. The Labute approximate surface area is 102 Å². The predicted molar refractivity (Wildman–Crippen MR) is 72.5 cm³/mol. The smallest absolute Gasteiger partial charge is 0.130 e. The second-order valence-corrected chi connectivity index (χ2v) is 4.02. The Morgan fingerprint density at radius 2 is 1.65 bits per heavy atom. The average molecular weight is 224 g/mol. The molecule has 0 unspecified atom stereocenters. The summed E-state index contributed by atoms with van der Waals surface area (Å²) in [5.41, 5.74) is 3.53. The lowest BCUT2D eigenvalue weighted by Gasteiger charge is -2.12. The van der Waals surface area contributed by atoms with Crippen molar-refractivity contribution >= 4 is 6.08 Å². The summed E-state index contributed by atoms with van der Waals surface area (Å²) in [5, 5.41) is 0. The van der Waals surface area contributed by atoms with E-state index in [1.165, 1.54) is 5.56 Å². The van der Waals surface area contributed by atoms with E-state index in [4.69, 9.17) is 4.74 Å². The molecule has 0 fully saturated rings. The van der Waals surface area contributed by atoms with E-state index in [0.29, 0.717) is 0 Å². The fourth-order valence-corrected chi connectivity index (χ4v) is 1.76. The maximum atomic E-state index is 5.86.